The van der Waals surface area contributed by atoms with E-state index in [0.717, 1.165) is 17.0 Å². The summed E-state index contributed by atoms with van der Waals surface area (Å²) in [5.74, 6) is 2.01. The summed E-state index contributed by atoms with van der Waals surface area (Å²) in [5.41, 5.74) is 8.12. The molecule has 1 aromatic carbocycles. The van der Waals surface area contributed by atoms with Crippen LogP contribution in [0.25, 0.3) is 11.5 Å². The molecule has 0 spiro atoms. The third-order valence-electron chi connectivity index (χ3n) is 2.67. The third kappa shape index (κ3) is 3.61. The molecule has 0 aliphatic carbocycles. The Balaban J connectivity index is 2.12. The Labute approximate surface area is 116 Å². The highest BCUT2D eigenvalue weighted by Crippen LogP contribution is 2.24. The van der Waals surface area contributed by atoms with Gasteiger partial charge in [-0.15, -0.1) is 11.8 Å². The number of benzene rings is 1. The smallest absolute Gasteiger partial charge is 0.227 e. The summed E-state index contributed by atoms with van der Waals surface area (Å²) in [4.78, 5) is 15.2. The van der Waals surface area contributed by atoms with Crippen molar-refractivity contribution in [2.24, 2.45) is 5.73 Å². The van der Waals surface area contributed by atoms with Crippen molar-refractivity contribution >= 4 is 17.7 Å². The van der Waals surface area contributed by atoms with Gasteiger partial charge in [0.25, 0.3) is 0 Å². The van der Waals surface area contributed by atoms with E-state index >= 15 is 0 Å². The maximum absolute atomic E-state index is 10.7. The van der Waals surface area contributed by atoms with Crippen LogP contribution >= 0.6 is 11.8 Å². The molecule has 0 saturated heterocycles. The zero-order valence-electron chi connectivity index (χ0n) is 11.0. The Bertz CT molecular complexity index is 576. The van der Waals surface area contributed by atoms with Gasteiger partial charge in [0.15, 0.2) is 0 Å². The van der Waals surface area contributed by atoms with Crippen molar-refractivity contribution in [3.63, 3.8) is 0 Å². The van der Waals surface area contributed by atoms with E-state index in [4.69, 9.17) is 10.2 Å². The number of hydrogen-bond donors (Lipinski definition) is 1. The number of amides is 1. The number of thioether (sulfide) groups is 1. The second kappa shape index (κ2) is 5.93. The Morgan fingerprint density at radius 1 is 1.32 bits per heavy atom. The lowest BCUT2D eigenvalue weighted by Crippen LogP contribution is -2.13. The number of oxazole rings is 1. The van der Waals surface area contributed by atoms with Crippen molar-refractivity contribution in [3.05, 3.63) is 41.3 Å². The quantitative estimate of drug-likeness (QED) is 0.911. The molecule has 4 nitrogen and oxygen atoms in total. The average molecular weight is 276 g/mol. The largest absolute Gasteiger partial charge is 0.441 e. The molecular weight excluding hydrogens is 260 g/mol. The molecule has 5 heteroatoms. The molecule has 19 heavy (non-hydrogen) atoms. The van der Waals surface area contributed by atoms with E-state index in [2.05, 4.69) is 4.98 Å². The number of carbonyl (C=O) groups is 1. The minimum atomic E-state index is -0.315. The van der Waals surface area contributed by atoms with Crippen LogP contribution in [-0.4, -0.2) is 16.6 Å². The standard InChI is InChI=1S/C14H16N2O2S/c1-9-3-5-11(6-4-9)14-16-12(10(2)18-14)7-19-8-13(15)17/h3-6H,7-8H2,1-2H3,(H2,15,17). The first-order valence-electron chi connectivity index (χ1n) is 5.95. The number of nitrogens with zero attached hydrogens (tertiary/aromatic N) is 1. The number of hydrogen-bond acceptors (Lipinski definition) is 4. The van der Waals surface area contributed by atoms with Gasteiger partial charge in [0.2, 0.25) is 11.8 Å². The minimum absolute atomic E-state index is 0.298. The van der Waals surface area contributed by atoms with Crippen LogP contribution < -0.4 is 5.73 Å². The van der Waals surface area contributed by atoms with Crippen molar-refractivity contribution in [1.82, 2.24) is 4.98 Å². The van der Waals surface area contributed by atoms with E-state index in [1.165, 1.54) is 17.3 Å². The van der Waals surface area contributed by atoms with Crippen LogP contribution in [0.3, 0.4) is 0 Å². The summed E-state index contributed by atoms with van der Waals surface area (Å²) in [6, 6.07) is 8.02. The highest BCUT2D eigenvalue weighted by atomic mass is 32.2. The van der Waals surface area contributed by atoms with E-state index in [1.807, 2.05) is 38.1 Å². The lowest BCUT2D eigenvalue weighted by Gasteiger charge is -1.96. The van der Waals surface area contributed by atoms with Crippen LogP contribution in [0.5, 0.6) is 0 Å². The first-order valence-corrected chi connectivity index (χ1v) is 7.11. The topological polar surface area (TPSA) is 69.1 Å². The zero-order chi connectivity index (χ0) is 13.8. The van der Waals surface area contributed by atoms with Gasteiger partial charge in [-0.2, -0.15) is 0 Å². The van der Waals surface area contributed by atoms with E-state index in [0.29, 0.717) is 17.4 Å². The van der Waals surface area contributed by atoms with E-state index in [1.54, 1.807) is 0 Å². The van der Waals surface area contributed by atoms with Crippen molar-refractivity contribution in [1.29, 1.82) is 0 Å². The van der Waals surface area contributed by atoms with Gasteiger partial charge in [0, 0.05) is 11.3 Å². The Morgan fingerprint density at radius 3 is 2.63 bits per heavy atom. The van der Waals surface area contributed by atoms with Gasteiger partial charge >= 0.3 is 0 Å². The van der Waals surface area contributed by atoms with E-state index in [-0.39, 0.29) is 5.91 Å². The molecule has 2 aromatic rings. The lowest BCUT2D eigenvalue weighted by atomic mass is 10.1. The Morgan fingerprint density at radius 2 is 2.00 bits per heavy atom. The van der Waals surface area contributed by atoms with E-state index < -0.39 is 0 Å². The average Bonchev–Trinajstić information content (AvgIpc) is 2.71. The number of aromatic nitrogens is 1. The van der Waals surface area contributed by atoms with Gasteiger partial charge in [-0.1, -0.05) is 17.7 Å². The summed E-state index contributed by atoms with van der Waals surface area (Å²) < 4.78 is 5.66. The SMILES string of the molecule is Cc1ccc(-c2nc(CSCC(N)=O)c(C)o2)cc1. The second-order valence-corrected chi connectivity index (χ2v) is 5.33. The van der Waals surface area contributed by atoms with Crippen LogP contribution in [0.2, 0.25) is 0 Å². The van der Waals surface area contributed by atoms with Crippen LogP contribution in [-0.2, 0) is 10.5 Å². The molecule has 0 unspecified atom stereocenters. The zero-order valence-corrected chi connectivity index (χ0v) is 11.8. The van der Waals surface area contributed by atoms with Crippen LogP contribution in [0.15, 0.2) is 28.7 Å². The summed E-state index contributed by atoms with van der Waals surface area (Å²) in [7, 11) is 0. The molecule has 1 amide bonds. The van der Waals surface area contributed by atoms with Gasteiger partial charge in [-0.25, -0.2) is 4.98 Å². The summed E-state index contributed by atoms with van der Waals surface area (Å²) >= 11 is 1.44. The summed E-state index contributed by atoms with van der Waals surface area (Å²) in [6.07, 6.45) is 0. The Hall–Kier alpha value is -1.75. The first-order chi connectivity index (χ1) is 9.06. The lowest BCUT2D eigenvalue weighted by molar-refractivity contribution is -0.115. The summed E-state index contributed by atoms with van der Waals surface area (Å²) in [5, 5.41) is 0. The fourth-order valence-corrected chi connectivity index (χ4v) is 2.39. The van der Waals surface area contributed by atoms with Gasteiger partial charge < -0.3 is 10.2 Å². The van der Waals surface area contributed by atoms with Crippen LogP contribution in [0.4, 0.5) is 0 Å². The van der Waals surface area contributed by atoms with Crippen LogP contribution in [0.1, 0.15) is 17.0 Å². The van der Waals surface area contributed by atoms with Gasteiger partial charge in [0.1, 0.15) is 5.76 Å². The molecule has 2 N–H and O–H groups in total. The molecular formula is C14H16N2O2S. The molecule has 2 rings (SSSR count). The summed E-state index contributed by atoms with van der Waals surface area (Å²) in [6.45, 7) is 3.92. The third-order valence-corrected chi connectivity index (χ3v) is 3.64. The molecule has 0 radical (unpaired) electrons. The van der Waals surface area contributed by atoms with Gasteiger partial charge in [-0.05, 0) is 26.0 Å². The molecule has 0 fully saturated rings. The maximum atomic E-state index is 10.7. The molecule has 1 aromatic heterocycles. The molecule has 0 aliphatic rings. The van der Waals surface area contributed by atoms with Crippen molar-refractivity contribution in [2.75, 3.05) is 5.75 Å². The highest BCUT2D eigenvalue weighted by Gasteiger charge is 2.11. The molecule has 0 aliphatic heterocycles. The predicted molar refractivity (Wildman–Crippen MR) is 76.8 cm³/mol. The van der Waals surface area contributed by atoms with Gasteiger partial charge in [-0.3, -0.25) is 4.79 Å². The highest BCUT2D eigenvalue weighted by molar-refractivity contribution is 7.99. The molecule has 0 saturated carbocycles. The number of rotatable bonds is 5. The van der Waals surface area contributed by atoms with Gasteiger partial charge in [0.05, 0.1) is 11.4 Å². The van der Waals surface area contributed by atoms with Crippen molar-refractivity contribution in [3.8, 4) is 11.5 Å². The maximum Gasteiger partial charge on any atom is 0.227 e. The Kier molecular flexibility index (Phi) is 4.27. The number of nitrogens with two attached hydrogens (primary N) is 1. The molecule has 0 bridgehead atoms. The first kappa shape index (κ1) is 13.7. The van der Waals surface area contributed by atoms with Crippen molar-refractivity contribution in [2.45, 2.75) is 19.6 Å². The number of aryl methyl sites for hydroxylation is 2. The fourth-order valence-electron chi connectivity index (χ4n) is 1.63. The van der Waals surface area contributed by atoms with Crippen molar-refractivity contribution < 1.29 is 9.21 Å². The molecule has 1 heterocycles. The molecule has 100 valence electrons. The second-order valence-electron chi connectivity index (χ2n) is 4.35. The minimum Gasteiger partial charge on any atom is -0.441 e. The van der Waals surface area contributed by atoms with Crippen LogP contribution in [0, 0.1) is 13.8 Å². The number of carbonyl (C=O) groups excluding carboxylic acids is 1. The predicted octanol–water partition coefficient (Wildman–Crippen LogP) is 2.68. The van der Waals surface area contributed by atoms with E-state index in [9.17, 15) is 4.79 Å². The molecule has 0 atom stereocenters. The fraction of sp³-hybridized carbons (Fsp3) is 0.286. The monoisotopic (exact) mass is 276 g/mol. The number of primary amides is 1. The normalized spacial score (nSPS) is 10.6.